The van der Waals surface area contributed by atoms with E-state index < -0.39 is 11.9 Å². The summed E-state index contributed by atoms with van der Waals surface area (Å²) in [5, 5.41) is 11.6. The van der Waals surface area contributed by atoms with Gasteiger partial charge in [0.15, 0.2) is 0 Å². The summed E-state index contributed by atoms with van der Waals surface area (Å²) < 4.78 is 5.14. The Morgan fingerprint density at radius 1 is 1.10 bits per heavy atom. The third-order valence-corrected chi connectivity index (χ3v) is 2.75. The van der Waals surface area contributed by atoms with E-state index in [0.717, 1.165) is 0 Å². The van der Waals surface area contributed by atoms with Crippen molar-refractivity contribution in [1.29, 1.82) is 0 Å². The van der Waals surface area contributed by atoms with Crippen molar-refractivity contribution in [1.82, 2.24) is 5.32 Å². The van der Waals surface area contributed by atoms with Gasteiger partial charge in [-0.05, 0) is 31.2 Å². The van der Waals surface area contributed by atoms with Crippen LogP contribution in [-0.4, -0.2) is 17.0 Å². The van der Waals surface area contributed by atoms with E-state index in [9.17, 15) is 14.7 Å². The molecule has 5 nitrogen and oxygen atoms in total. The predicted molar refractivity (Wildman–Crippen MR) is 72.8 cm³/mol. The van der Waals surface area contributed by atoms with E-state index in [4.69, 9.17) is 4.42 Å². The Kier molecular flexibility index (Phi) is 4.00. The van der Waals surface area contributed by atoms with E-state index in [-0.39, 0.29) is 5.70 Å². The van der Waals surface area contributed by atoms with Gasteiger partial charge in [0.25, 0.3) is 5.91 Å². The lowest BCUT2D eigenvalue weighted by Gasteiger charge is -2.08. The van der Waals surface area contributed by atoms with E-state index in [0.29, 0.717) is 16.9 Å². The van der Waals surface area contributed by atoms with Crippen molar-refractivity contribution in [3.63, 3.8) is 0 Å². The summed E-state index contributed by atoms with van der Waals surface area (Å²) in [5.74, 6) is -1.30. The molecule has 0 saturated heterocycles. The zero-order valence-corrected chi connectivity index (χ0v) is 10.8. The van der Waals surface area contributed by atoms with Crippen LogP contribution in [0.5, 0.6) is 0 Å². The maximum Gasteiger partial charge on any atom is 0.352 e. The SMILES string of the molecule is C/C(=C(/NC(=O)c1ccccc1)C(=O)O)c1ccco1. The lowest BCUT2D eigenvalue weighted by atomic mass is 10.1. The Hall–Kier alpha value is -2.82. The number of amides is 1. The molecule has 0 aliphatic heterocycles. The number of allylic oxidation sites excluding steroid dienone is 1. The molecule has 5 heteroatoms. The van der Waals surface area contributed by atoms with Gasteiger partial charge in [-0.25, -0.2) is 4.79 Å². The highest BCUT2D eigenvalue weighted by molar-refractivity contribution is 6.04. The van der Waals surface area contributed by atoms with Crippen LogP contribution < -0.4 is 5.32 Å². The summed E-state index contributed by atoms with van der Waals surface area (Å²) in [6, 6.07) is 11.7. The van der Waals surface area contributed by atoms with E-state index in [1.54, 1.807) is 49.4 Å². The zero-order valence-electron chi connectivity index (χ0n) is 10.8. The molecule has 1 aromatic carbocycles. The minimum Gasteiger partial charge on any atom is -0.477 e. The van der Waals surface area contributed by atoms with Crippen molar-refractivity contribution < 1.29 is 19.1 Å². The van der Waals surface area contributed by atoms with E-state index in [1.807, 2.05) is 0 Å². The molecule has 1 amide bonds. The van der Waals surface area contributed by atoms with Crippen molar-refractivity contribution in [3.05, 3.63) is 65.7 Å². The average Bonchev–Trinajstić information content (AvgIpc) is 2.98. The highest BCUT2D eigenvalue weighted by atomic mass is 16.4. The largest absolute Gasteiger partial charge is 0.477 e. The van der Waals surface area contributed by atoms with Gasteiger partial charge in [-0.15, -0.1) is 0 Å². The molecule has 102 valence electrons. The normalized spacial score (nSPS) is 11.7. The maximum absolute atomic E-state index is 12.0. The second-order valence-electron chi connectivity index (χ2n) is 4.10. The van der Waals surface area contributed by atoms with Crippen LogP contribution in [-0.2, 0) is 4.79 Å². The predicted octanol–water partition coefficient (Wildman–Crippen LogP) is 2.53. The van der Waals surface area contributed by atoms with E-state index in [2.05, 4.69) is 5.32 Å². The number of aliphatic carboxylic acids is 1. The highest BCUT2D eigenvalue weighted by Crippen LogP contribution is 2.17. The number of hydrogen-bond acceptors (Lipinski definition) is 3. The first-order valence-corrected chi connectivity index (χ1v) is 5.94. The minimum absolute atomic E-state index is 0.200. The second-order valence-corrected chi connectivity index (χ2v) is 4.10. The fourth-order valence-corrected chi connectivity index (χ4v) is 1.70. The highest BCUT2D eigenvalue weighted by Gasteiger charge is 2.18. The number of hydrogen-bond donors (Lipinski definition) is 2. The fourth-order valence-electron chi connectivity index (χ4n) is 1.70. The van der Waals surface area contributed by atoms with Crippen LogP contribution in [0, 0.1) is 0 Å². The second kappa shape index (κ2) is 5.88. The molecule has 0 aliphatic rings. The van der Waals surface area contributed by atoms with Crippen LogP contribution in [0.15, 0.2) is 58.8 Å². The van der Waals surface area contributed by atoms with Gasteiger partial charge in [0.2, 0.25) is 0 Å². The van der Waals surface area contributed by atoms with Crippen molar-refractivity contribution in [2.24, 2.45) is 0 Å². The van der Waals surface area contributed by atoms with Crippen LogP contribution in [0.2, 0.25) is 0 Å². The van der Waals surface area contributed by atoms with Crippen molar-refractivity contribution in [2.75, 3.05) is 0 Å². The molecule has 1 heterocycles. The number of carbonyl (C=O) groups excluding carboxylic acids is 1. The van der Waals surface area contributed by atoms with Crippen molar-refractivity contribution in [2.45, 2.75) is 6.92 Å². The van der Waals surface area contributed by atoms with Crippen LogP contribution in [0.25, 0.3) is 5.57 Å². The minimum atomic E-state index is -1.22. The molecule has 0 unspecified atom stereocenters. The van der Waals surface area contributed by atoms with Gasteiger partial charge in [0, 0.05) is 11.1 Å². The van der Waals surface area contributed by atoms with Gasteiger partial charge in [-0.1, -0.05) is 18.2 Å². The van der Waals surface area contributed by atoms with E-state index in [1.165, 1.54) is 6.26 Å². The average molecular weight is 271 g/mol. The summed E-state index contributed by atoms with van der Waals surface area (Å²) in [7, 11) is 0. The summed E-state index contributed by atoms with van der Waals surface area (Å²) in [5.41, 5.74) is 0.541. The first-order valence-electron chi connectivity index (χ1n) is 5.94. The molecule has 0 bridgehead atoms. The molecule has 0 fully saturated rings. The zero-order chi connectivity index (χ0) is 14.5. The lowest BCUT2D eigenvalue weighted by Crippen LogP contribution is -2.28. The Morgan fingerprint density at radius 3 is 2.35 bits per heavy atom. The number of carboxylic acid groups (broad SMARTS) is 1. The van der Waals surface area contributed by atoms with Crippen LogP contribution >= 0.6 is 0 Å². The van der Waals surface area contributed by atoms with Crippen LogP contribution in [0.1, 0.15) is 23.0 Å². The molecular weight excluding hydrogens is 258 g/mol. The molecule has 1 aromatic heterocycles. The van der Waals surface area contributed by atoms with Gasteiger partial charge in [0.05, 0.1) is 6.26 Å². The first-order chi connectivity index (χ1) is 9.59. The molecule has 0 aliphatic carbocycles. The first kappa shape index (κ1) is 13.6. The third-order valence-electron chi connectivity index (χ3n) is 2.75. The maximum atomic E-state index is 12.0. The Labute approximate surface area is 115 Å². The van der Waals surface area contributed by atoms with Crippen molar-refractivity contribution in [3.8, 4) is 0 Å². The molecule has 0 saturated carbocycles. The molecule has 2 N–H and O–H groups in total. The van der Waals surface area contributed by atoms with Crippen LogP contribution in [0.3, 0.4) is 0 Å². The fraction of sp³-hybridized carbons (Fsp3) is 0.0667. The summed E-state index contributed by atoms with van der Waals surface area (Å²) >= 11 is 0. The van der Waals surface area contributed by atoms with Gasteiger partial charge in [-0.3, -0.25) is 4.79 Å². The molecule has 20 heavy (non-hydrogen) atoms. The number of carboxylic acids is 1. The summed E-state index contributed by atoms with van der Waals surface area (Å²) in [6.45, 7) is 1.58. The smallest absolute Gasteiger partial charge is 0.352 e. The molecule has 0 spiro atoms. The Morgan fingerprint density at radius 2 is 1.80 bits per heavy atom. The van der Waals surface area contributed by atoms with Crippen molar-refractivity contribution >= 4 is 17.4 Å². The van der Waals surface area contributed by atoms with Gasteiger partial charge in [0.1, 0.15) is 11.5 Å². The monoisotopic (exact) mass is 271 g/mol. The topological polar surface area (TPSA) is 79.5 Å². The molecule has 0 radical (unpaired) electrons. The number of rotatable bonds is 4. The number of nitrogens with one attached hydrogen (secondary N) is 1. The molecule has 2 rings (SSSR count). The number of furan rings is 1. The standard InChI is InChI=1S/C15H13NO4/c1-10(12-8-5-9-20-12)13(15(18)19)16-14(17)11-6-3-2-4-7-11/h2-9H,1H3,(H,16,17)(H,18,19)/b13-10-. The van der Waals surface area contributed by atoms with Gasteiger partial charge >= 0.3 is 5.97 Å². The number of benzene rings is 1. The molecular formula is C15H13NO4. The van der Waals surface area contributed by atoms with Gasteiger partial charge < -0.3 is 14.8 Å². The lowest BCUT2D eigenvalue weighted by molar-refractivity contribution is -0.132. The summed E-state index contributed by atoms with van der Waals surface area (Å²) in [6.07, 6.45) is 1.44. The quantitative estimate of drug-likeness (QED) is 0.837. The Bertz CT molecular complexity index is 642. The molecule has 0 atom stereocenters. The number of carbonyl (C=O) groups is 2. The van der Waals surface area contributed by atoms with Crippen LogP contribution in [0.4, 0.5) is 0 Å². The van der Waals surface area contributed by atoms with Gasteiger partial charge in [-0.2, -0.15) is 0 Å². The Balaban J connectivity index is 2.30. The van der Waals surface area contributed by atoms with E-state index >= 15 is 0 Å². The third kappa shape index (κ3) is 2.95. The summed E-state index contributed by atoms with van der Waals surface area (Å²) in [4.78, 5) is 23.3. The molecule has 2 aromatic rings.